The van der Waals surface area contributed by atoms with E-state index in [0.29, 0.717) is 6.42 Å². The van der Waals surface area contributed by atoms with Gasteiger partial charge in [0.1, 0.15) is 6.17 Å². The number of nitrogens with zero attached hydrogens (tertiary/aromatic N) is 3. The standard InChI is InChI=1S/C25H27N3O/c1-18-11-13-20(14-12-18)22-16-23(27-24(29)17-25(2,3)28(22)27)26-15-7-10-21(26)19-8-5-4-6-9-19/h4-15,22-23H,16-17H2,1-3H3/t22-,23-/m1/s1. The first-order chi connectivity index (χ1) is 14.0. The van der Waals surface area contributed by atoms with E-state index in [1.807, 2.05) is 11.1 Å². The maximum atomic E-state index is 13.1. The van der Waals surface area contributed by atoms with Crippen LogP contribution < -0.4 is 0 Å². The molecule has 3 aromatic rings. The molecular weight excluding hydrogens is 358 g/mol. The third kappa shape index (κ3) is 2.90. The van der Waals surface area contributed by atoms with Gasteiger partial charge in [-0.25, -0.2) is 5.01 Å². The van der Waals surface area contributed by atoms with Gasteiger partial charge in [0.25, 0.3) is 0 Å². The molecule has 29 heavy (non-hydrogen) atoms. The van der Waals surface area contributed by atoms with Crippen molar-refractivity contribution >= 4 is 5.91 Å². The van der Waals surface area contributed by atoms with E-state index >= 15 is 0 Å². The van der Waals surface area contributed by atoms with Crippen molar-refractivity contribution in [3.05, 3.63) is 84.1 Å². The third-order valence-electron chi connectivity index (χ3n) is 6.34. The Balaban J connectivity index is 1.60. The van der Waals surface area contributed by atoms with Gasteiger partial charge in [-0.3, -0.25) is 9.80 Å². The quantitative estimate of drug-likeness (QED) is 0.609. The second-order valence-corrected chi connectivity index (χ2v) is 8.88. The van der Waals surface area contributed by atoms with Crippen LogP contribution in [-0.4, -0.2) is 26.0 Å². The highest BCUT2D eigenvalue weighted by Gasteiger charge is 2.55. The molecule has 2 aliphatic heterocycles. The smallest absolute Gasteiger partial charge is 0.240 e. The number of rotatable bonds is 3. The molecule has 0 bridgehead atoms. The molecule has 2 saturated heterocycles. The molecule has 0 saturated carbocycles. The van der Waals surface area contributed by atoms with Gasteiger partial charge in [-0.2, -0.15) is 0 Å². The van der Waals surface area contributed by atoms with Crippen molar-refractivity contribution < 1.29 is 4.79 Å². The summed E-state index contributed by atoms with van der Waals surface area (Å²) in [5.41, 5.74) is 4.67. The average molecular weight is 386 g/mol. The van der Waals surface area contributed by atoms with Gasteiger partial charge in [-0.05, 0) is 44.0 Å². The molecule has 5 rings (SSSR count). The lowest BCUT2D eigenvalue weighted by molar-refractivity contribution is -0.144. The summed E-state index contributed by atoms with van der Waals surface area (Å²) >= 11 is 0. The second kappa shape index (κ2) is 6.60. The van der Waals surface area contributed by atoms with E-state index in [-0.39, 0.29) is 23.7 Å². The Hall–Kier alpha value is -2.85. The van der Waals surface area contributed by atoms with Crippen LogP contribution in [0.5, 0.6) is 0 Å². The minimum Gasteiger partial charge on any atom is -0.325 e. The predicted molar refractivity (Wildman–Crippen MR) is 115 cm³/mol. The number of fused-ring (bicyclic) bond motifs is 1. The Morgan fingerprint density at radius 3 is 2.38 bits per heavy atom. The fourth-order valence-electron chi connectivity index (χ4n) is 5.03. The highest BCUT2D eigenvalue weighted by atomic mass is 16.2. The highest BCUT2D eigenvalue weighted by molar-refractivity contribution is 5.80. The van der Waals surface area contributed by atoms with Crippen LogP contribution in [0.3, 0.4) is 0 Å². The summed E-state index contributed by atoms with van der Waals surface area (Å²) in [5.74, 6) is 0.210. The van der Waals surface area contributed by atoms with E-state index in [1.165, 1.54) is 16.7 Å². The van der Waals surface area contributed by atoms with Gasteiger partial charge >= 0.3 is 0 Å². The zero-order valence-corrected chi connectivity index (χ0v) is 17.2. The van der Waals surface area contributed by atoms with E-state index in [2.05, 4.69) is 97.2 Å². The van der Waals surface area contributed by atoms with Crippen molar-refractivity contribution in [1.29, 1.82) is 0 Å². The van der Waals surface area contributed by atoms with Gasteiger partial charge in [-0.15, -0.1) is 0 Å². The van der Waals surface area contributed by atoms with E-state index < -0.39 is 0 Å². The Morgan fingerprint density at radius 1 is 0.931 bits per heavy atom. The Kier molecular flexibility index (Phi) is 4.14. The van der Waals surface area contributed by atoms with Crippen molar-refractivity contribution in [1.82, 2.24) is 14.6 Å². The molecule has 0 unspecified atom stereocenters. The number of benzene rings is 2. The molecule has 1 aromatic heterocycles. The van der Waals surface area contributed by atoms with Crippen LogP contribution in [0.4, 0.5) is 0 Å². The number of aryl methyl sites for hydroxylation is 1. The molecule has 0 radical (unpaired) electrons. The lowest BCUT2D eigenvalue weighted by Gasteiger charge is -2.36. The number of hydrogen-bond acceptors (Lipinski definition) is 2. The number of hydrazine groups is 1. The summed E-state index contributed by atoms with van der Waals surface area (Å²) in [6, 6.07) is 23.6. The highest BCUT2D eigenvalue weighted by Crippen LogP contribution is 2.51. The minimum absolute atomic E-state index is 0.0132. The largest absolute Gasteiger partial charge is 0.325 e. The van der Waals surface area contributed by atoms with E-state index in [4.69, 9.17) is 0 Å². The number of hydrogen-bond donors (Lipinski definition) is 0. The van der Waals surface area contributed by atoms with Gasteiger partial charge in [0.05, 0.1) is 6.04 Å². The molecule has 0 spiro atoms. The molecule has 4 nitrogen and oxygen atoms in total. The number of aromatic nitrogens is 1. The summed E-state index contributed by atoms with van der Waals surface area (Å²) in [7, 11) is 0. The first-order valence-corrected chi connectivity index (χ1v) is 10.4. The lowest BCUT2D eigenvalue weighted by atomic mass is 9.95. The fraction of sp³-hybridized carbons (Fsp3) is 0.320. The molecule has 2 fully saturated rings. The number of carbonyl (C=O) groups excluding carboxylic acids is 1. The van der Waals surface area contributed by atoms with Crippen LogP contribution in [0.25, 0.3) is 11.3 Å². The van der Waals surface area contributed by atoms with Crippen molar-refractivity contribution in [2.45, 2.75) is 51.4 Å². The van der Waals surface area contributed by atoms with Crippen molar-refractivity contribution in [3.63, 3.8) is 0 Å². The number of carbonyl (C=O) groups is 1. The average Bonchev–Trinajstić information content (AvgIpc) is 3.39. The molecular formula is C25H27N3O. The van der Waals surface area contributed by atoms with Crippen LogP contribution in [-0.2, 0) is 4.79 Å². The third-order valence-corrected chi connectivity index (χ3v) is 6.34. The second-order valence-electron chi connectivity index (χ2n) is 8.88. The van der Waals surface area contributed by atoms with E-state index in [9.17, 15) is 4.79 Å². The normalized spacial score (nSPS) is 23.6. The van der Waals surface area contributed by atoms with Crippen LogP contribution in [0.2, 0.25) is 0 Å². The molecule has 2 aliphatic rings. The maximum Gasteiger partial charge on any atom is 0.240 e. The lowest BCUT2D eigenvalue weighted by Crippen LogP contribution is -2.44. The van der Waals surface area contributed by atoms with Gasteiger partial charge in [0.2, 0.25) is 5.91 Å². The summed E-state index contributed by atoms with van der Waals surface area (Å²) in [4.78, 5) is 13.1. The Morgan fingerprint density at radius 2 is 1.66 bits per heavy atom. The molecule has 3 heterocycles. The summed E-state index contributed by atoms with van der Waals surface area (Å²) in [6.07, 6.45) is 3.53. The molecule has 148 valence electrons. The van der Waals surface area contributed by atoms with Crippen LogP contribution in [0.15, 0.2) is 72.9 Å². The van der Waals surface area contributed by atoms with Crippen LogP contribution >= 0.6 is 0 Å². The number of amides is 1. The predicted octanol–water partition coefficient (Wildman–Crippen LogP) is 5.34. The maximum absolute atomic E-state index is 13.1. The Labute approximate surface area is 172 Å². The van der Waals surface area contributed by atoms with Gasteiger partial charge in [0.15, 0.2) is 0 Å². The SMILES string of the molecule is Cc1ccc([C@H]2C[C@H](n3cccc3-c3ccccc3)N3C(=O)CC(C)(C)N23)cc1. The molecule has 0 N–H and O–H groups in total. The molecule has 2 atom stereocenters. The monoisotopic (exact) mass is 385 g/mol. The van der Waals surface area contributed by atoms with Crippen molar-refractivity contribution in [3.8, 4) is 11.3 Å². The first kappa shape index (κ1) is 18.2. The zero-order chi connectivity index (χ0) is 20.2. The van der Waals surface area contributed by atoms with Gasteiger partial charge in [-0.1, -0.05) is 60.2 Å². The van der Waals surface area contributed by atoms with Gasteiger partial charge < -0.3 is 4.57 Å². The van der Waals surface area contributed by atoms with Gasteiger partial charge in [0, 0.05) is 30.3 Å². The first-order valence-electron chi connectivity index (χ1n) is 10.4. The summed E-state index contributed by atoms with van der Waals surface area (Å²) < 4.78 is 2.27. The van der Waals surface area contributed by atoms with E-state index in [0.717, 1.165) is 12.1 Å². The van der Waals surface area contributed by atoms with Crippen LogP contribution in [0.1, 0.15) is 50.0 Å². The Bertz CT molecular complexity index is 1040. The zero-order valence-electron chi connectivity index (χ0n) is 17.2. The molecule has 4 heteroatoms. The summed E-state index contributed by atoms with van der Waals surface area (Å²) in [5, 5.41) is 4.36. The summed E-state index contributed by atoms with van der Waals surface area (Å²) in [6.45, 7) is 6.48. The minimum atomic E-state index is -0.193. The van der Waals surface area contributed by atoms with Crippen LogP contribution in [0, 0.1) is 6.92 Å². The van der Waals surface area contributed by atoms with Crippen molar-refractivity contribution in [2.75, 3.05) is 0 Å². The van der Waals surface area contributed by atoms with Crippen molar-refractivity contribution in [2.24, 2.45) is 0 Å². The molecule has 2 aromatic carbocycles. The topological polar surface area (TPSA) is 28.5 Å². The van der Waals surface area contributed by atoms with E-state index in [1.54, 1.807) is 0 Å². The molecule has 0 aliphatic carbocycles. The fourth-order valence-corrected chi connectivity index (χ4v) is 5.03. The molecule has 1 amide bonds.